The van der Waals surface area contributed by atoms with E-state index in [1.54, 1.807) is 18.2 Å². The summed E-state index contributed by atoms with van der Waals surface area (Å²) in [5, 5.41) is 14.6. The van der Waals surface area contributed by atoms with Crippen molar-refractivity contribution in [2.24, 2.45) is 63.1 Å². The van der Waals surface area contributed by atoms with E-state index in [2.05, 4.69) is 39.2 Å². The van der Waals surface area contributed by atoms with Gasteiger partial charge < -0.3 is 24.8 Å². The third-order valence-corrected chi connectivity index (χ3v) is 23.3. The fourth-order valence-electron chi connectivity index (χ4n) is 18.1. The minimum atomic E-state index is -2.81. The zero-order valence-electron chi connectivity index (χ0n) is 48.5. The SMILES string of the molecule is COC(=O)C12CCC(N3C=C4[C@H](C)[C@@H](C)CCC4(c4ccc(C5C(C(C)(C)C)C5(F)F)c(Cl)c4)CC3=O)(C1)C2.COC(=O)C12CCC(NC(=O)CC3(c4ccc(C5C(C(C)(C)C)C5(F)F)c(Cl)c4)CC[C@H](C)[C@@H](C)C3CO)(C1)C2. The van der Waals surface area contributed by atoms with Gasteiger partial charge in [0.1, 0.15) is 0 Å². The van der Waals surface area contributed by atoms with E-state index < -0.39 is 73.5 Å². The Balaban J connectivity index is 0.000000178. The van der Waals surface area contributed by atoms with Gasteiger partial charge in [0.25, 0.3) is 11.8 Å². The van der Waals surface area contributed by atoms with Gasteiger partial charge in [-0.15, -0.1) is 0 Å². The molecule has 0 saturated heterocycles. The number of aliphatic hydroxyl groups is 1. The summed E-state index contributed by atoms with van der Waals surface area (Å²) in [5.41, 5.74) is 0.0686. The molecular formula is C64H84Cl2F4N2O7. The molecule has 2 N–H and O–H groups in total. The van der Waals surface area contributed by atoms with Gasteiger partial charge in [-0.3, -0.25) is 19.2 Å². The van der Waals surface area contributed by atoms with Gasteiger partial charge >= 0.3 is 11.9 Å². The van der Waals surface area contributed by atoms with Crippen LogP contribution in [0, 0.1) is 63.1 Å². The number of esters is 2. The minimum absolute atomic E-state index is 0.0718. The molecule has 79 heavy (non-hydrogen) atoms. The largest absolute Gasteiger partial charge is 0.469 e. The van der Waals surface area contributed by atoms with E-state index in [0.29, 0.717) is 78.0 Å². The van der Waals surface area contributed by atoms with Crippen LogP contribution < -0.4 is 5.32 Å². The second-order valence-corrected chi connectivity index (χ2v) is 30.0. The van der Waals surface area contributed by atoms with E-state index in [4.69, 9.17) is 32.7 Å². The smallest absolute Gasteiger partial charge is 0.311 e. The minimum Gasteiger partial charge on any atom is -0.469 e. The highest BCUT2D eigenvalue weighted by Crippen LogP contribution is 2.71. The maximum atomic E-state index is 14.9. The molecule has 2 aromatic carbocycles. The lowest BCUT2D eigenvalue weighted by Gasteiger charge is -2.56. The van der Waals surface area contributed by atoms with Crippen molar-refractivity contribution in [3.63, 3.8) is 0 Å². The van der Waals surface area contributed by atoms with Crippen LogP contribution >= 0.6 is 23.2 Å². The van der Waals surface area contributed by atoms with Gasteiger partial charge in [-0.05, 0) is 157 Å². The number of alkyl halides is 4. The van der Waals surface area contributed by atoms with Crippen molar-refractivity contribution in [3.8, 4) is 0 Å². The number of carbonyl (C=O) groups excluding carboxylic acids is 4. The van der Waals surface area contributed by atoms with Gasteiger partial charge in [-0.1, -0.05) is 117 Å². The zero-order chi connectivity index (χ0) is 57.8. The first-order chi connectivity index (χ1) is 36.7. The van der Waals surface area contributed by atoms with Crippen molar-refractivity contribution >= 4 is 47.0 Å². The van der Waals surface area contributed by atoms with E-state index >= 15 is 0 Å². The second kappa shape index (κ2) is 19.2. The van der Waals surface area contributed by atoms with Crippen LogP contribution in [-0.4, -0.2) is 77.5 Å². The number of allylic oxidation sites excluding steroid dienone is 1. The number of carbonyl (C=O) groups is 4. The maximum absolute atomic E-state index is 14.9. The van der Waals surface area contributed by atoms with Crippen molar-refractivity contribution in [1.82, 2.24) is 10.2 Å². The first-order valence-corrected chi connectivity index (χ1v) is 29.9. The average Bonchev–Trinajstić information content (AvgIpc) is 3.96. The Morgan fingerprint density at radius 3 is 1.72 bits per heavy atom. The van der Waals surface area contributed by atoms with Crippen LogP contribution in [0.15, 0.2) is 48.2 Å². The molecule has 0 spiro atoms. The number of halogens is 6. The Kier molecular flexibility index (Phi) is 14.2. The second-order valence-electron chi connectivity index (χ2n) is 29.2. The molecule has 15 heteroatoms. The van der Waals surface area contributed by atoms with Crippen molar-refractivity contribution in [3.05, 3.63) is 80.5 Å². The topological polar surface area (TPSA) is 122 Å². The number of aliphatic hydroxyl groups excluding tert-OH is 1. The third-order valence-electron chi connectivity index (χ3n) is 22.6. The number of amides is 2. The number of methoxy groups -OCH3 is 2. The predicted molar refractivity (Wildman–Crippen MR) is 297 cm³/mol. The number of rotatable bonds is 11. The molecule has 10 fully saturated rings. The Hall–Kier alpha value is -3.68. The number of hydrogen-bond donors (Lipinski definition) is 2. The summed E-state index contributed by atoms with van der Waals surface area (Å²) in [6.45, 7) is 19.8. The van der Waals surface area contributed by atoms with E-state index in [1.165, 1.54) is 19.8 Å². The maximum Gasteiger partial charge on any atom is 0.311 e. The van der Waals surface area contributed by atoms with Crippen LogP contribution in [0.25, 0.3) is 0 Å². The number of nitrogens with one attached hydrogen (secondary N) is 1. The average molecular weight is 1140 g/mol. The molecular weight excluding hydrogens is 1060 g/mol. The molecule has 9 nitrogen and oxygen atoms in total. The zero-order valence-corrected chi connectivity index (χ0v) is 50.0. The van der Waals surface area contributed by atoms with E-state index in [-0.39, 0.29) is 60.1 Å². The Bertz CT molecular complexity index is 2850. The fourth-order valence-corrected chi connectivity index (χ4v) is 18.7. The Morgan fingerprint density at radius 1 is 0.709 bits per heavy atom. The molecule has 10 aliphatic carbocycles. The lowest BCUT2D eigenvalue weighted by Crippen LogP contribution is -2.61. The molecule has 1 heterocycles. The quantitative estimate of drug-likeness (QED) is 0.170. The van der Waals surface area contributed by atoms with Gasteiger partial charge in [0.2, 0.25) is 11.8 Å². The summed E-state index contributed by atoms with van der Waals surface area (Å²) in [7, 11) is 2.84. The van der Waals surface area contributed by atoms with E-state index in [1.807, 2.05) is 64.6 Å². The molecule has 2 aromatic rings. The van der Waals surface area contributed by atoms with Crippen LogP contribution in [0.3, 0.4) is 0 Å². The molecule has 1 aliphatic heterocycles. The van der Waals surface area contributed by atoms with E-state index in [9.17, 15) is 41.8 Å². The summed E-state index contributed by atoms with van der Waals surface area (Å²) in [4.78, 5) is 54.4. The fraction of sp³-hybridized carbons (Fsp3) is 0.719. The van der Waals surface area contributed by atoms with Crippen molar-refractivity contribution in [2.75, 3.05) is 20.8 Å². The number of nitrogens with zero attached hydrogens (tertiary/aromatic N) is 1. The van der Waals surface area contributed by atoms with Crippen molar-refractivity contribution < 1.29 is 51.3 Å². The molecule has 0 radical (unpaired) electrons. The van der Waals surface area contributed by atoms with E-state index in [0.717, 1.165) is 49.7 Å². The summed E-state index contributed by atoms with van der Waals surface area (Å²) >= 11 is 13.5. The van der Waals surface area contributed by atoms with Gasteiger partial charge in [-0.2, -0.15) is 0 Å². The molecule has 7 unspecified atom stereocenters. The number of fused-ring (bicyclic) bond motifs is 3. The first kappa shape index (κ1) is 58.5. The number of hydrogen-bond acceptors (Lipinski definition) is 7. The van der Waals surface area contributed by atoms with Crippen molar-refractivity contribution in [1.29, 1.82) is 0 Å². The molecule has 11 aliphatic rings. The molecule has 13 rings (SSSR count). The predicted octanol–water partition coefficient (Wildman–Crippen LogP) is 14.3. The highest BCUT2D eigenvalue weighted by atomic mass is 35.5. The van der Waals surface area contributed by atoms with Crippen LogP contribution in [0.5, 0.6) is 0 Å². The first-order valence-electron chi connectivity index (χ1n) is 29.2. The van der Waals surface area contributed by atoms with Crippen LogP contribution in [0.4, 0.5) is 17.6 Å². The molecule has 434 valence electrons. The van der Waals surface area contributed by atoms with Crippen molar-refractivity contribution in [2.45, 2.75) is 205 Å². The molecule has 0 aromatic heterocycles. The molecule has 4 bridgehead atoms. The Labute approximate surface area is 475 Å². The standard InChI is InChI=1S/C32H44ClF2NO4.C32H40ClF2NO3/c1-18-9-10-31(22(15-37)19(18)2,14-24(38)36-30-12-11-29(16-30,17-30)27(39)40-6)20-7-8-21(23(33)13-20)25-26(28(3,4)5)32(25,34)35;1-18-9-10-31(20-7-8-21(23(33)13-20)25-26(28(3,4)5)32(25,34)35)14-24(37)36(15-22(31)19(18)2)30-12-11-29(16-30,17-30)27(38)39-6/h7-8,13,18-19,22,25-26,37H,9-12,14-17H2,1-6H3,(H,36,38);7-8,13,15,18-19,25-26H,9-12,14,16-17H2,1-6H3/t18-,19+,22?,25?,26?,29?,30?,31?;18-,19+,25?,26?,29?,30?,31?/m00/s1. The monoisotopic (exact) mass is 1140 g/mol. The normalized spacial score (nSPS) is 40.1. The Morgan fingerprint density at radius 2 is 1.22 bits per heavy atom. The van der Waals surface area contributed by atoms with Crippen LogP contribution in [-0.2, 0) is 39.5 Å². The highest BCUT2D eigenvalue weighted by molar-refractivity contribution is 6.32. The summed E-state index contributed by atoms with van der Waals surface area (Å²) in [6, 6.07) is 11.0. The van der Waals surface area contributed by atoms with Crippen LogP contribution in [0.1, 0.15) is 193 Å². The summed E-state index contributed by atoms with van der Waals surface area (Å²) in [5.74, 6) is -8.26. The lowest BCUT2D eigenvalue weighted by atomic mass is 9.55. The van der Waals surface area contributed by atoms with Gasteiger partial charge in [-0.25, -0.2) is 17.6 Å². The van der Waals surface area contributed by atoms with Crippen LogP contribution in [0.2, 0.25) is 10.0 Å². The van der Waals surface area contributed by atoms with Gasteiger partial charge in [0, 0.05) is 69.4 Å². The lowest BCUT2D eigenvalue weighted by molar-refractivity contribution is -0.165. The van der Waals surface area contributed by atoms with Gasteiger partial charge in [0.15, 0.2) is 0 Å². The summed E-state index contributed by atoms with van der Waals surface area (Å²) < 4.78 is 69.6. The highest BCUT2D eigenvalue weighted by Gasteiger charge is 2.74. The number of ether oxygens (including phenoxy) is 2. The number of benzene rings is 2. The third kappa shape index (κ3) is 9.04. The summed E-state index contributed by atoms with van der Waals surface area (Å²) in [6.07, 6.45) is 11.5. The molecule has 11 atom stereocenters. The molecule has 2 amide bonds. The van der Waals surface area contributed by atoms with Gasteiger partial charge in [0.05, 0.1) is 36.9 Å². The molecule has 10 saturated carbocycles.